The van der Waals surface area contributed by atoms with E-state index in [4.69, 9.17) is 0 Å². The van der Waals surface area contributed by atoms with E-state index in [9.17, 15) is 9.18 Å². The van der Waals surface area contributed by atoms with E-state index in [-0.39, 0.29) is 17.6 Å². The zero-order valence-electron chi connectivity index (χ0n) is 15.5. The van der Waals surface area contributed by atoms with Crippen LogP contribution in [-0.2, 0) is 0 Å². The highest BCUT2D eigenvalue weighted by Gasteiger charge is 2.29. The fourth-order valence-electron chi connectivity index (χ4n) is 3.50. The Morgan fingerprint density at radius 2 is 1.96 bits per heavy atom. The Balaban J connectivity index is 1.53. The van der Waals surface area contributed by atoms with Gasteiger partial charge in [0.15, 0.2) is 5.01 Å². The summed E-state index contributed by atoms with van der Waals surface area (Å²) in [5.41, 5.74) is 1.23. The van der Waals surface area contributed by atoms with Crippen LogP contribution in [0.25, 0.3) is 10.6 Å². The van der Waals surface area contributed by atoms with Crippen LogP contribution in [0.3, 0.4) is 0 Å². The molecule has 1 saturated heterocycles. The van der Waals surface area contributed by atoms with Crippen LogP contribution < -0.4 is 0 Å². The van der Waals surface area contributed by atoms with E-state index in [1.54, 1.807) is 30.0 Å². The molecule has 2 heterocycles. The van der Waals surface area contributed by atoms with Gasteiger partial charge in [0, 0.05) is 29.5 Å². The summed E-state index contributed by atoms with van der Waals surface area (Å²) < 4.78 is 14.0. The largest absolute Gasteiger partial charge is 0.338 e. The van der Waals surface area contributed by atoms with Gasteiger partial charge in [-0.3, -0.25) is 4.79 Å². The lowest BCUT2D eigenvalue weighted by atomic mass is 9.98. The van der Waals surface area contributed by atoms with Gasteiger partial charge in [-0.1, -0.05) is 35.6 Å². The third kappa shape index (κ3) is 3.82. The molecule has 1 aliphatic heterocycles. The molecule has 1 aliphatic rings. The summed E-state index contributed by atoms with van der Waals surface area (Å²) in [5.74, 6) is -0.0926. The molecule has 0 bridgehead atoms. The highest BCUT2D eigenvalue weighted by molar-refractivity contribution is 7.98. The molecule has 2 aromatic carbocycles. The molecule has 0 spiro atoms. The number of nitrogens with zero attached hydrogens (tertiary/aromatic N) is 3. The number of likely N-dealkylation sites (tertiary alicyclic amines) is 1. The van der Waals surface area contributed by atoms with Gasteiger partial charge in [-0.15, -0.1) is 22.0 Å². The van der Waals surface area contributed by atoms with Gasteiger partial charge in [0.25, 0.3) is 5.91 Å². The first kappa shape index (κ1) is 19.1. The second kappa shape index (κ2) is 8.41. The molecule has 3 aromatic rings. The molecule has 1 amide bonds. The predicted octanol–water partition coefficient (Wildman–Crippen LogP) is 5.09. The van der Waals surface area contributed by atoms with Gasteiger partial charge in [-0.25, -0.2) is 4.39 Å². The first-order valence-electron chi connectivity index (χ1n) is 9.18. The zero-order valence-corrected chi connectivity index (χ0v) is 17.1. The first-order valence-corrected chi connectivity index (χ1v) is 11.2. The van der Waals surface area contributed by atoms with Crippen molar-refractivity contribution in [2.75, 3.05) is 19.3 Å². The van der Waals surface area contributed by atoms with Crippen LogP contribution in [0.4, 0.5) is 4.39 Å². The number of piperidine rings is 1. The topological polar surface area (TPSA) is 46.1 Å². The number of halogens is 1. The van der Waals surface area contributed by atoms with E-state index < -0.39 is 0 Å². The van der Waals surface area contributed by atoms with Crippen molar-refractivity contribution in [2.24, 2.45) is 0 Å². The Morgan fingerprint density at radius 3 is 2.79 bits per heavy atom. The Morgan fingerprint density at radius 1 is 1.18 bits per heavy atom. The molecular weight excluding hydrogens is 393 g/mol. The molecule has 7 heteroatoms. The molecule has 1 unspecified atom stereocenters. The number of benzene rings is 2. The maximum Gasteiger partial charge on any atom is 0.255 e. The lowest BCUT2D eigenvalue weighted by Gasteiger charge is -2.32. The van der Waals surface area contributed by atoms with Crippen molar-refractivity contribution < 1.29 is 9.18 Å². The van der Waals surface area contributed by atoms with Crippen LogP contribution in [0.1, 0.15) is 34.1 Å². The lowest BCUT2D eigenvalue weighted by Crippen LogP contribution is -2.39. The Labute approximate surface area is 171 Å². The van der Waals surface area contributed by atoms with Crippen molar-refractivity contribution in [1.29, 1.82) is 0 Å². The number of aromatic nitrogens is 2. The predicted molar refractivity (Wildman–Crippen MR) is 111 cm³/mol. The summed E-state index contributed by atoms with van der Waals surface area (Å²) >= 11 is 3.00. The van der Waals surface area contributed by atoms with Gasteiger partial charge in [0.05, 0.1) is 5.56 Å². The van der Waals surface area contributed by atoms with Crippen molar-refractivity contribution >= 4 is 29.0 Å². The van der Waals surface area contributed by atoms with E-state index in [2.05, 4.69) is 10.2 Å². The zero-order chi connectivity index (χ0) is 19.5. The molecule has 4 nitrogen and oxygen atoms in total. The SMILES string of the molecule is CSc1ccccc1C(=O)N1CCCC(c2nnc(-c3ccccc3F)s2)C1. The van der Waals surface area contributed by atoms with E-state index in [1.807, 2.05) is 35.4 Å². The molecule has 28 heavy (non-hydrogen) atoms. The highest BCUT2D eigenvalue weighted by Crippen LogP contribution is 2.34. The number of carbonyl (C=O) groups excluding carboxylic acids is 1. The second-order valence-corrected chi connectivity index (χ2v) is 8.57. The number of hydrogen-bond acceptors (Lipinski definition) is 5. The fraction of sp³-hybridized carbons (Fsp3) is 0.286. The van der Waals surface area contributed by atoms with E-state index in [0.29, 0.717) is 17.1 Å². The van der Waals surface area contributed by atoms with Crippen LogP contribution in [0, 0.1) is 5.82 Å². The standard InChI is InChI=1S/C21H20FN3OS2/c1-27-18-11-5-3-9-16(18)21(26)25-12-6-7-14(13-25)19-23-24-20(28-19)15-8-2-4-10-17(15)22/h2-5,8-11,14H,6-7,12-13H2,1H3. The van der Waals surface area contributed by atoms with E-state index in [0.717, 1.165) is 34.9 Å². The van der Waals surface area contributed by atoms with Gasteiger partial charge in [0.2, 0.25) is 0 Å². The molecular formula is C21H20FN3OS2. The van der Waals surface area contributed by atoms with Crippen LogP contribution in [-0.4, -0.2) is 40.3 Å². The molecule has 1 atom stereocenters. The number of amides is 1. The molecule has 0 saturated carbocycles. The maximum atomic E-state index is 14.0. The van der Waals surface area contributed by atoms with Gasteiger partial charge in [0.1, 0.15) is 10.8 Å². The minimum Gasteiger partial charge on any atom is -0.338 e. The van der Waals surface area contributed by atoms with Gasteiger partial charge in [-0.2, -0.15) is 0 Å². The Bertz CT molecular complexity index is 991. The van der Waals surface area contributed by atoms with E-state index in [1.165, 1.54) is 17.4 Å². The summed E-state index contributed by atoms with van der Waals surface area (Å²) in [7, 11) is 0. The molecule has 144 valence electrons. The fourth-order valence-corrected chi connectivity index (χ4v) is 5.08. The first-order chi connectivity index (χ1) is 13.7. The van der Waals surface area contributed by atoms with Crippen molar-refractivity contribution in [3.8, 4) is 10.6 Å². The van der Waals surface area contributed by atoms with Crippen LogP contribution in [0.2, 0.25) is 0 Å². The van der Waals surface area contributed by atoms with Gasteiger partial charge >= 0.3 is 0 Å². The number of hydrogen-bond donors (Lipinski definition) is 0. The average molecular weight is 414 g/mol. The molecule has 1 fully saturated rings. The average Bonchev–Trinajstić information content (AvgIpc) is 3.23. The molecule has 0 radical (unpaired) electrons. The summed E-state index contributed by atoms with van der Waals surface area (Å²) in [6.45, 7) is 1.37. The highest BCUT2D eigenvalue weighted by atomic mass is 32.2. The normalized spacial score (nSPS) is 16.9. The third-order valence-electron chi connectivity index (χ3n) is 4.94. The minimum atomic E-state index is -0.292. The Kier molecular flexibility index (Phi) is 5.73. The van der Waals surface area contributed by atoms with E-state index >= 15 is 0 Å². The smallest absolute Gasteiger partial charge is 0.255 e. The van der Waals surface area contributed by atoms with Gasteiger partial charge in [-0.05, 0) is 43.4 Å². The number of thioether (sulfide) groups is 1. The van der Waals surface area contributed by atoms with Crippen LogP contribution in [0.15, 0.2) is 53.4 Å². The van der Waals surface area contributed by atoms with Crippen molar-refractivity contribution in [3.05, 3.63) is 64.9 Å². The summed E-state index contributed by atoms with van der Waals surface area (Å²) in [4.78, 5) is 16.0. The van der Waals surface area contributed by atoms with Crippen LogP contribution in [0.5, 0.6) is 0 Å². The maximum absolute atomic E-state index is 14.0. The monoisotopic (exact) mass is 413 g/mol. The molecule has 0 N–H and O–H groups in total. The van der Waals surface area contributed by atoms with Crippen LogP contribution >= 0.6 is 23.1 Å². The van der Waals surface area contributed by atoms with Crippen molar-refractivity contribution in [3.63, 3.8) is 0 Å². The molecule has 0 aliphatic carbocycles. The minimum absolute atomic E-state index is 0.0634. The van der Waals surface area contributed by atoms with Crippen molar-refractivity contribution in [2.45, 2.75) is 23.7 Å². The quantitative estimate of drug-likeness (QED) is 0.559. The Hall–Kier alpha value is -2.25. The third-order valence-corrected chi connectivity index (χ3v) is 6.85. The summed E-state index contributed by atoms with van der Waals surface area (Å²) in [6.07, 6.45) is 3.86. The second-order valence-electron chi connectivity index (χ2n) is 6.72. The summed E-state index contributed by atoms with van der Waals surface area (Å²) in [6, 6.07) is 14.3. The molecule has 1 aromatic heterocycles. The number of carbonyl (C=O) groups is 1. The van der Waals surface area contributed by atoms with Gasteiger partial charge < -0.3 is 4.90 Å². The number of rotatable bonds is 4. The molecule has 4 rings (SSSR count). The summed E-state index contributed by atoms with van der Waals surface area (Å²) in [5, 5.41) is 9.97. The lowest BCUT2D eigenvalue weighted by molar-refractivity contribution is 0.0703. The van der Waals surface area contributed by atoms with Crippen molar-refractivity contribution in [1.82, 2.24) is 15.1 Å².